The number of carbonyl (C=O) groups excluding carboxylic acids is 1. The lowest BCUT2D eigenvalue weighted by molar-refractivity contribution is -0.121. The van der Waals surface area contributed by atoms with Crippen molar-refractivity contribution in [3.05, 3.63) is 23.8 Å². The molecule has 21 heavy (non-hydrogen) atoms. The summed E-state index contributed by atoms with van der Waals surface area (Å²) in [6, 6.07) is 4.14. The van der Waals surface area contributed by atoms with Crippen molar-refractivity contribution in [3.8, 4) is 11.5 Å². The van der Waals surface area contributed by atoms with E-state index in [1.807, 2.05) is 0 Å². The van der Waals surface area contributed by atoms with E-state index in [1.165, 1.54) is 25.3 Å². The molecule has 1 unspecified atom stereocenters. The van der Waals surface area contributed by atoms with Crippen LogP contribution in [0.3, 0.4) is 0 Å². The van der Waals surface area contributed by atoms with Gasteiger partial charge in [-0.2, -0.15) is 8.78 Å². The smallest absolute Gasteiger partial charge is 0.387 e. The first-order valence-electron chi connectivity index (χ1n) is 6.06. The third-order valence-electron chi connectivity index (χ3n) is 2.47. The quantitative estimate of drug-likeness (QED) is 0.805. The molecule has 0 fully saturated rings. The van der Waals surface area contributed by atoms with Crippen LogP contribution in [0.1, 0.15) is 18.9 Å². The largest absolute Gasteiger partial charge is 0.497 e. The van der Waals surface area contributed by atoms with Gasteiger partial charge in [0.15, 0.2) is 0 Å². The standard InChI is InChI=1S/C13H18F2N2O3.ClH/c1-8(16)5-12(18)17-7-9-6-10(19-2)3-4-11(9)20-13(14)15;/h3-4,6,8,13H,5,7,16H2,1-2H3,(H,17,18);1H. The number of rotatable bonds is 7. The number of amides is 1. The minimum absolute atomic E-state index is 0. The van der Waals surface area contributed by atoms with Gasteiger partial charge in [-0.15, -0.1) is 12.4 Å². The first-order valence-corrected chi connectivity index (χ1v) is 6.06. The molecule has 1 atom stereocenters. The van der Waals surface area contributed by atoms with Gasteiger partial charge in [-0.1, -0.05) is 0 Å². The van der Waals surface area contributed by atoms with Gasteiger partial charge in [0.1, 0.15) is 11.5 Å². The van der Waals surface area contributed by atoms with Crippen LogP contribution in [0.15, 0.2) is 18.2 Å². The summed E-state index contributed by atoms with van der Waals surface area (Å²) in [5.74, 6) is 0.232. The molecule has 3 N–H and O–H groups in total. The Hall–Kier alpha value is -1.60. The van der Waals surface area contributed by atoms with Gasteiger partial charge in [0.25, 0.3) is 0 Å². The van der Waals surface area contributed by atoms with E-state index in [0.717, 1.165) is 0 Å². The van der Waals surface area contributed by atoms with Crippen molar-refractivity contribution in [2.24, 2.45) is 5.73 Å². The fraction of sp³-hybridized carbons (Fsp3) is 0.462. The molecule has 1 aromatic carbocycles. The van der Waals surface area contributed by atoms with Crippen LogP contribution in [-0.2, 0) is 11.3 Å². The van der Waals surface area contributed by atoms with Gasteiger partial charge in [0.05, 0.1) is 7.11 Å². The molecular weight excluding hydrogens is 306 g/mol. The lowest BCUT2D eigenvalue weighted by Crippen LogP contribution is -2.29. The summed E-state index contributed by atoms with van der Waals surface area (Å²) in [5.41, 5.74) is 5.90. The highest BCUT2D eigenvalue weighted by molar-refractivity contribution is 5.85. The Morgan fingerprint density at radius 3 is 2.62 bits per heavy atom. The topological polar surface area (TPSA) is 73.6 Å². The average molecular weight is 325 g/mol. The van der Waals surface area contributed by atoms with Gasteiger partial charge in [-0.05, 0) is 25.1 Å². The first-order chi connectivity index (χ1) is 9.42. The highest BCUT2D eigenvalue weighted by Gasteiger charge is 2.12. The number of nitrogens with two attached hydrogens (primary N) is 1. The molecule has 120 valence electrons. The molecule has 0 bridgehead atoms. The highest BCUT2D eigenvalue weighted by Crippen LogP contribution is 2.25. The van der Waals surface area contributed by atoms with E-state index in [4.69, 9.17) is 10.5 Å². The van der Waals surface area contributed by atoms with E-state index >= 15 is 0 Å². The van der Waals surface area contributed by atoms with Gasteiger partial charge >= 0.3 is 6.61 Å². The molecule has 0 saturated carbocycles. The van der Waals surface area contributed by atoms with Crippen LogP contribution in [0.4, 0.5) is 8.78 Å². The van der Waals surface area contributed by atoms with Crippen molar-refractivity contribution in [2.75, 3.05) is 7.11 Å². The Labute approximate surface area is 128 Å². The second-order valence-corrected chi connectivity index (χ2v) is 4.31. The number of ether oxygens (including phenoxy) is 2. The molecule has 1 amide bonds. The minimum atomic E-state index is -2.93. The van der Waals surface area contributed by atoms with Crippen molar-refractivity contribution in [2.45, 2.75) is 32.5 Å². The zero-order valence-corrected chi connectivity index (χ0v) is 12.6. The van der Waals surface area contributed by atoms with E-state index in [9.17, 15) is 13.6 Å². The maximum atomic E-state index is 12.3. The number of carbonyl (C=O) groups is 1. The second-order valence-electron chi connectivity index (χ2n) is 4.31. The summed E-state index contributed by atoms with van der Waals surface area (Å²) in [6.45, 7) is -1.16. The Morgan fingerprint density at radius 2 is 2.10 bits per heavy atom. The van der Waals surface area contributed by atoms with Crippen molar-refractivity contribution in [1.29, 1.82) is 0 Å². The molecule has 0 radical (unpaired) electrons. The van der Waals surface area contributed by atoms with E-state index in [1.54, 1.807) is 6.92 Å². The van der Waals surface area contributed by atoms with E-state index in [2.05, 4.69) is 10.1 Å². The molecule has 0 aliphatic heterocycles. The highest BCUT2D eigenvalue weighted by atomic mass is 35.5. The fourth-order valence-electron chi connectivity index (χ4n) is 1.59. The number of nitrogens with one attached hydrogen (secondary N) is 1. The Bertz CT molecular complexity index is 459. The van der Waals surface area contributed by atoms with Crippen molar-refractivity contribution in [3.63, 3.8) is 0 Å². The third kappa shape index (κ3) is 7.10. The number of halogens is 3. The fourth-order valence-corrected chi connectivity index (χ4v) is 1.59. The number of methoxy groups -OCH3 is 1. The molecule has 0 saturated heterocycles. The lowest BCUT2D eigenvalue weighted by atomic mass is 10.1. The predicted molar refractivity (Wildman–Crippen MR) is 77.0 cm³/mol. The number of benzene rings is 1. The Morgan fingerprint density at radius 1 is 1.43 bits per heavy atom. The summed E-state index contributed by atoms with van der Waals surface area (Å²) in [7, 11) is 1.46. The second kappa shape index (κ2) is 9.36. The number of hydrogen-bond donors (Lipinski definition) is 2. The maximum absolute atomic E-state index is 12.3. The summed E-state index contributed by atoms with van der Waals surface area (Å²) >= 11 is 0. The monoisotopic (exact) mass is 324 g/mol. The zero-order valence-electron chi connectivity index (χ0n) is 11.8. The Kier molecular flexibility index (Phi) is 8.64. The van der Waals surface area contributed by atoms with Gasteiger partial charge in [0, 0.05) is 24.6 Å². The lowest BCUT2D eigenvalue weighted by Gasteiger charge is -2.13. The summed E-state index contributed by atoms with van der Waals surface area (Å²) in [4.78, 5) is 11.5. The van der Waals surface area contributed by atoms with Crippen LogP contribution in [0.5, 0.6) is 11.5 Å². The van der Waals surface area contributed by atoms with Crippen molar-refractivity contribution < 1.29 is 23.0 Å². The van der Waals surface area contributed by atoms with E-state index in [-0.39, 0.29) is 43.1 Å². The van der Waals surface area contributed by atoms with E-state index in [0.29, 0.717) is 11.3 Å². The average Bonchev–Trinajstić information content (AvgIpc) is 2.36. The van der Waals surface area contributed by atoms with Crippen molar-refractivity contribution >= 4 is 18.3 Å². The van der Waals surface area contributed by atoms with Crippen molar-refractivity contribution in [1.82, 2.24) is 5.32 Å². The molecule has 0 aromatic heterocycles. The molecule has 0 aliphatic rings. The molecule has 8 heteroatoms. The van der Waals surface area contributed by atoms with Gasteiger partial charge < -0.3 is 20.5 Å². The molecular formula is C13H19ClF2N2O3. The van der Waals surface area contributed by atoms with Crippen LogP contribution in [0, 0.1) is 0 Å². The number of alkyl halides is 2. The van der Waals surface area contributed by atoms with Gasteiger partial charge in [-0.25, -0.2) is 0 Å². The molecule has 1 rings (SSSR count). The van der Waals surface area contributed by atoms with Crippen LogP contribution in [0.25, 0.3) is 0 Å². The maximum Gasteiger partial charge on any atom is 0.387 e. The number of hydrogen-bond acceptors (Lipinski definition) is 4. The normalized spacial score (nSPS) is 11.5. The zero-order chi connectivity index (χ0) is 15.1. The van der Waals surface area contributed by atoms with Gasteiger partial charge in [0.2, 0.25) is 5.91 Å². The molecule has 1 aromatic rings. The Balaban J connectivity index is 0.00000400. The van der Waals surface area contributed by atoms with Crippen LogP contribution < -0.4 is 20.5 Å². The summed E-state index contributed by atoms with van der Waals surface area (Å²) < 4.78 is 34.0. The molecule has 0 heterocycles. The van der Waals surface area contributed by atoms with Crippen LogP contribution >= 0.6 is 12.4 Å². The summed E-state index contributed by atoms with van der Waals surface area (Å²) in [5, 5.41) is 2.60. The summed E-state index contributed by atoms with van der Waals surface area (Å²) in [6.07, 6.45) is 0.162. The van der Waals surface area contributed by atoms with Crippen LogP contribution in [-0.4, -0.2) is 25.7 Å². The first kappa shape index (κ1) is 19.4. The molecule has 0 spiro atoms. The molecule has 5 nitrogen and oxygen atoms in total. The SMILES string of the molecule is COc1ccc(OC(F)F)c(CNC(=O)CC(C)N)c1.Cl. The third-order valence-corrected chi connectivity index (χ3v) is 2.47. The molecule has 0 aliphatic carbocycles. The minimum Gasteiger partial charge on any atom is -0.497 e. The van der Waals surface area contributed by atoms with E-state index < -0.39 is 6.61 Å². The van der Waals surface area contributed by atoms with Crippen LogP contribution in [0.2, 0.25) is 0 Å². The predicted octanol–water partition coefficient (Wildman–Crippen LogP) is 2.07. The van der Waals surface area contributed by atoms with Gasteiger partial charge in [-0.3, -0.25) is 4.79 Å².